The first-order valence-electron chi connectivity index (χ1n) is 5.70. The first-order chi connectivity index (χ1) is 9.16. The second-order valence-electron chi connectivity index (χ2n) is 4.13. The summed E-state index contributed by atoms with van der Waals surface area (Å²) in [5, 5.41) is 1.75. The second-order valence-corrected chi connectivity index (χ2v) is 4.85. The summed E-state index contributed by atoms with van der Waals surface area (Å²) in [4.78, 5) is 12.9. The Morgan fingerprint density at radius 3 is 2.37 bits per heavy atom. The van der Waals surface area contributed by atoms with E-state index in [9.17, 15) is 0 Å². The van der Waals surface area contributed by atoms with Gasteiger partial charge in [0.15, 0.2) is 5.82 Å². The Morgan fingerprint density at radius 1 is 0.947 bits per heavy atom. The third-order valence-electron chi connectivity index (χ3n) is 2.90. The molecule has 0 unspecified atom stereocenters. The Morgan fingerprint density at radius 2 is 1.63 bits per heavy atom. The van der Waals surface area contributed by atoms with Gasteiger partial charge in [0, 0.05) is 22.7 Å². The van der Waals surface area contributed by atoms with Gasteiger partial charge in [0.2, 0.25) is 0 Å². The highest BCUT2D eigenvalue weighted by molar-refractivity contribution is 6.34. The van der Waals surface area contributed by atoms with E-state index in [4.69, 9.17) is 23.2 Å². The van der Waals surface area contributed by atoms with Gasteiger partial charge < -0.3 is 0 Å². The Kier molecular flexibility index (Phi) is 3.09. The van der Waals surface area contributed by atoms with Gasteiger partial charge in [-0.1, -0.05) is 41.4 Å². The summed E-state index contributed by atoms with van der Waals surface area (Å²) >= 11 is 12.1. The van der Waals surface area contributed by atoms with Crippen LogP contribution in [0.5, 0.6) is 0 Å². The predicted octanol–water partition coefficient (Wildman–Crippen LogP) is 4.31. The summed E-state index contributed by atoms with van der Waals surface area (Å²) in [7, 11) is 0. The van der Waals surface area contributed by atoms with Crippen LogP contribution < -0.4 is 0 Å². The number of aromatic nitrogens is 3. The zero-order valence-electron chi connectivity index (χ0n) is 10.1. The molecule has 0 aliphatic heterocycles. The van der Waals surface area contributed by atoms with E-state index >= 15 is 0 Å². The SMILES string of the molecule is Cc1c(Cl)nc(-c2cccc3cccnc23)nc1Cl. The minimum atomic E-state index is 0.364. The van der Waals surface area contributed by atoms with E-state index in [1.54, 1.807) is 13.1 Å². The number of nitrogens with zero attached hydrogens (tertiary/aromatic N) is 3. The largest absolute Gasteiger partial charge is 0.255 e. The van der Waals surface area contributed by atoms with Crippen molar-refractivity contribution >= 4 is 34.1 Å². The van der Waals surface area contributed by atoms with Crippen molar-refractivity contribution in [3.05, 3.63) is 52.4 Å². The van der Waals surface area contributed by atoms with E-state index in [-0.39, 0.29) is 0 Å². The summed E-state index contributed by atoms with van der Waals surface area (Å²) in [6.07, 6.45) is 1.74. The fraction of sp³-hybridized carbons (Fsp3) is 0.0714. The summed E-state index contributed by atoms with van der Waals surface area (Å²) in [5.74, 6) is 0.491. The van der Waals surface area contributed by atoms with Crippen LogP contribution >= 0.6 is 23.2 Å². The lowest BCUT2D eigenvalue weighted by Gasteiger charge is -2.07. The zero-order valence-corrected chi connectivity index (χ0v) is 11.6. The molecule has 5 heteroatoms. The van der Waals surface area contributed by atoms with Crippen LogP contribution in [0, 0.1) is 6.92 Å². The van der Waals surface area contributed by atoms with Gasteiger partial charge in [0.05, 0.1) is 5.52 Å². The second kappa shape index (κ2) is 4.76. The number of halogens is 2. The standard InChI is InChI=1S/C14H9Cl2N3/c1-8-12(15)18-14(19-13(8)16)10-6-2-4-9-5-3-7-17-11(9)10/h2-7H,1H3. The van der Waals surface area contributed by atoms with Crippen molar-refractivity contribution in [2.75, 3.05) is 0 Å². The van der Waals surface area contributed by atoms with Crippen LogP contribution in [0.15, 0.2) is 36.5 Å². The number of hydrogen-bond donors (Lipinski definition) is 0. The van der Waals surface area contributed by atoms with Crippen LogP contribution in [0.25, 0.3) is 22.3 Å². The van der Waals surface area contributed by atoms with Gasteiger partial charge in [-0.25, -0.2) is 9.97 Å². The molecule has 0 spiro atoms. The lowest BCUT2D eigenvalue weighted by atomic mass is 10.1. The quantitative estimate of drug-likeness (QED) is 0.627. The summed E-state index contributed by atoms with van der Waals surface area (Å²) in [6.45, 7) is 1.79. The molecule has 1 aromatic carbocycles. The van der Waals surface area contributed by atoms with E-state index in [2.05, 4.69) is 15.0 Å². The van der Waals surface area contributed by atoms with Crippen molar-refractivity contribution in [2.45, 2.75) is 6.92 Å². The predicted molar refractivity (Wildman–Crippen MR) is 77.5 cm³/mol. The third kappa shape index (κ3) is 2.15. The number of rotatable bonds is 1. The zero-order chi connectivity index (χ0) is 13.4. The molecule has 2 aromatic heterocycles. The van der Waals surface area contributed by atoms with Crippen LogP contribution in [-0.4, -0.2) is 15.0 Å². The first kappa shape index (κ1) is 12.3. The number of benzene rings is 1. The molecule has 0 atom stereocenters. The fourth-order valence-electron chi connectivity index (χ4n) is 1.87. The van der Waals surface area contributed by atoms with Crippen LogP contribution in [0.4, 0.5) is 0 Å². The average molecular weight is 290 g/mol. The highest BCUT2D eigenvalue weighted by Gasteiger charge is 2.12. The number of pyridine rings is 1. The van der Waals surface area contributed by atoms with Crippen molar-refractivity contribution in [1.82, 2.24) is 15.0 Å². The first-order valence-corrected chi connectivity index (χ1v) is 6.46. The minimum Gasteiger partial charge on any atom is -0.255 e. The van der Waals surface area contributed by atoms with Crippen LogP contribution in [0.1, 0.15) is 5.56 Å². The van der Waals surface area contributed by atoms with Crippen LogP contribution in [-0.2, 0) is 0 Å². The van der Waals surface area contributed by atoms with E-state index in [1.807, 2.05) is 30.3 Å². The number of para-hydroxylation sites is 1. The molecule has 0 radical (unpaired) electrons. The van der Waals surface area contributed by atoms with E-state index in [1.165, 1.54) is 0 Å². The molecule has 2 heterocycles. The van der Waals surface area contributed by atoms with Gasteiger partial charge in [-0.3, -0.25) is 4.98 Å². The van der Waals surface area contributed by atoms with Gasteiger partial charge in [-0.15, -0.1) is 0 Å². The molecule has 94 valence electrons. The number of fused-ring (bicyclic) bond motifs is 1. The Bertz CT molecular complexity index is 743. The summed E-state index contributed by atoms with van der Waals surface area (Å²) in [6, 6.07) is 9.71. The molecule has 0 N–H and O–H groups in total. The molecule has 0 bridgehead atoms. The van der Waals surface area contributed by atoms with E-state index in [0.717, 1.165) is 16.5 Å². The van der Waals surface area contributed by atoms with Crippen molar-refractivity contribution in [1.29, 1.82) is 0 Å². The molecule has 3 aromatic rings. The van der Waals surface area contributed by atoms with Crippen LogP contribution in [0.3, 0.4) is 0 Å². The van der Waals surface area contributed by atoms with Gasteiger partial charge in [0.1, 0.15) is 10.3 Å². The number of hydrogen-bond acceptors (Lipinski definition) is 3. The van der Waals surface area contributed by atoms with Crippen molar-refractivity contribution in [3.8, 4) is 11.4 Å². The van der Waals surface area contributed by atoms with Crippen LogP contribution in [0.2, 0.25) is 10.3 Å². The maximum atomic E-state index is 6.06. The molecule has 3 rings (SSSR count). The van der Waals surface area contributed by atoms with Crippen molar-refractivity contribution in [2.24, 2.45) is 0 Å². The van der Waals surface area contributed by atoms with Gasteiger partial charge in [-0.05, 0) is 19.1 Å². The molecule has 0 saturated carbocycles. The van der Waals surface area contributed by atoms with Crippen molar-refractivity contribution in [3.63, 3.8) is 0 Å². The fourth-order valence-corrected chi connectivity index (χ4v) is 2.26. The Balaban J connectivity index is 2.31. The highest BCUT2D eigenvalue weighted by atomic mass is 35.5. The van der Waals surface area contributed by atoms with Crippen molar-refractivity contribution < 1.29 is 0 Å². The monoisotopic (exact) mass is 289 g/mol. The van der Waals surface area contributed by atoms with Gasteiger partial charge in [-0.2, -0.15) is 0 Å². The third-order valence-corrected chi connectivity index (χ3v) is 3.64. The highest BCUT2D eigenvalue weighted by Crippen LogP contribution is 2.28. The average Bonchev–Trinajstić information content (AvgIpc) is 2.43. The minimum absolute atomic E-state index is 0.364. The molecule has 0 amide bonds. The lowest BCUT2D eigenvalue weighted by Crippen LogP contribution is -1.95. The molecule has 0 fully saturated rings. The molecule has 0 aliphatic carbocycles. The molecule has 3 nitrogen and oxygen atoms in total. The smallest absolute Gasteiger partial charge is 0.164 e. The Hall–Kier alpha value is -1.71. The Labute approximate surface area is 120 Å². The molecule has 19 heavy (non-hydrogen) atoms. The maximum Gasteiger partial charge on any atom is 0.164 e. The molecule has 0 aliphatic rings. The van der Waals surface area contributed by atoms with E-state index in [0.29, 0.717) is 21.7 Å². The maximum absolute atomic E-state index is 6.06. The normalized spacial score (nSPS) is 10.9. The molecule has 0 saturated heterocycles. The summed E-state index contributed by atoms with van der Waals surface area (Å²) in [5.41, 5.74) is 2.34. The summed E-state index contributed by atoms with van der Waals surface area (Å²) < 4.78 is 0. The molecular formula is C14H9Cl2N3. The van der Waals surface area contributed by atoms with Gasteiger partial charge in [0.25, 0.3) is 0 Å². The topological polar surface area (TPSA) is 38.7 Å². The van der Waals surface area contributed by atoms with Gasteiger partial charge >= 0.3 is 0 Å². The molecular weight excluding hydrogens is 281 g/mol. The van der Waals surface area contributed by atoms with E-state index < -0.39 is 0 Å². The lowest BCUT2D eigenvalue weighted by molar-refractivity contribution is 1.14.